The predicted octanol–water partition coefficient (Wildman–Crippen LogP) is 4.97. The molecule has 0 aliphatic heterocycles. The van der Waals surface area contributed by atoms with Gasteiger partial charge in [-0.15, -0.1) is 0 Å². The molecule has 0 saturated heterocycles. The summed E-state index contributed by atoms with van der Waals surface area (Å²) in [6, 6.07) is 14.4. The Labute approximate surface area is 153 Å². The van der Waals surface area contributed by atoms with E-state index in [4.69, 9.17) is 4.74 Å². The summed E-state index contributed by atoms with van der Waals surface area (Å²) in [5.74, 6) is -1.58. The van der Waals surface area contributed by atoms with E-state index in [1.54, 1.807) is 0 Å². The normalized spacial score (nSPS) is 10.9. The van der Waals surface area contributed by atoms with Crippen molar-refractivity contribution in [1.29, 1.82) is 0 Å². The second-order valence-corrected chi connectivity index (χ2v) is 6.06. The number of H-pyrrole nitrogens is 1. The fourth-order valence-corrected chi connectivity index (χ4v) is 2.82. The molecule has 2 heterocycles. The molecule has 0 atom stereocenters. The average Bonchev–Trinajstić information content (AvgIpc) is 2.68. The van der Waals surface area contributed by atoms with Crippen LogP contribution in [-0.4, -0.2) is 9.97 Å². The molecule has 134 valence electrons. The van der Waals surface area contributed by atoms with E-state index in [-0.39, 0.29) is 22.6 Å². The molecular formula is C21H14F2N2O2. The van der Waals surface area contributed by atoms with Crippen LogP contribution >= 0.6 is 0 Å². The van der Waals surface area contributed by atoms with Gasteiger partial charge in [-0.05, 0) is 31.2 Å². The first-order valence-corrected chi connectivity index (χ1v) is 8.24. The predicted molar refractivity (Wildman–Crippen MR) is 99.0 cm³/mol. The number of hydrogen-bond acceptors (Lipinski definition) is 3. The van der Waals surface area contributed by atoms with E-state index in [1.807, 2.05) is 30.3 Å². The third kappa shape index (κ3) is 3.17. The van der Waals surface area contributed by atoms with Crippen LogP contribution in [0.4, 0.5) is 8.78 Å². The summed E-state index contributed by atoms with van der Waals surface area (Å²) >= 11 is 0. The van der Waals surface area contributed by atoms with Crippen LogP contribution in [0.5, 0.6) is 11.6 Å². The van der Waals surface area contributed by atoms with Gasteiger partial charge in [0, 0.05) is 29.3 Å². The van der Waals surface area contributed by atoms with Crippen molar-refractivity contribution in [3.05, 3.63) is 88.2 Å². The lowest BCUT2D eigenvalue weighted by Gasteiger charge is -2.14. The Hall–Kier alpha value is -3.54. The van der Waals surface area contributed by atoms with Crippen LogP contribution < -0.4 is 10.2 Å². The van der Waals surface area contributed by atoms with Crippen molar-refractivity contribution in [3.63, 3.8) is 0 Å². The Morgan fingerprint density at radius 1 is 1.04 bits per heavy atom. The molecule has 0 radical (unpaired) electrons. The molecule has 0 spiro atoms. The van der Waals surface area contributed by atoms with Gasteiger partial charge in [-0.3, -0.25) is 4.79 Å². The molecule has 4 aromatic rings. The molecular weight excluding hydrogens is 350 g/mol. The van der Waals surface area contributed by atoms with Gasteiger partial charge in [0.1, 0.15) is 5.75 Å². The zero-order valence-corrected chi connectivity index (χ0v) is 14.3. The lowest BCUT2D eigenvalue weighted by atomic mass is 10.1. The number of rotatable bonds is 3. The summed E-state index contributed by atoms with van der Waals surface area (Å²) in [6.07, 6.45) is 1.53. The third-order valence-corrected chi connectivity index (χ3v) is 4.25. The Morgan fingerprint density at radius 3 is 2.67 bits per heavy atom. The highest BCUT2D eigenvalue weighted by molar-refractivity contribution is 5.85. The van der Waals surface area contributed by atoms with Gasteiger partial charge in [-0.25, -0.2) is 13.8 Å². The van der Waals surface area contributed by atoms with Crippen molar-refractivity contribution in [2.24, 2.45) is 0 Å². The number of benzene rings is 2. The van der Waals surface area contributed by atoms with Crippen LogP contribution in [0.2, 0.25) is 0 Å². The highest BCUT2D eigenvalue weighted by Crippen LogP contribution is 2.35. The van der Waals surface area contributed by atoms with Gasteiger partial charge >= 0.3 is 0 Å². The zero-order chi connectivity index (χ0) is 19.0. The number of para-hydroxylation sites is 1. The minimum absolute atomic E-state index is 0.0393. The molecule has 2 aromatic heterocycles. The summed E-state index contributed by atoms with van der Waals surface area (Å²) in [7, 11) is 0. The van der Waals surface area contributed by atoms with Crippen LogP contribution in [0.15, 0.2) is 65.6 Å². The van der Waals surface area contributed by atoms with E-state index in [0.29, 0.717) is 16.8 Å². The summed E-state index contributed by atoms with van der Waals surface area (Å²) in [5.41, 5.74) is 1.59. The topological polar surface area (TPSA) is 55.0 Å². The highest BCUT2D eigenvalue weighted by Gasteiger charge is 2.16. The monoisotopic (exact) mass is 364 g/mol. The van der Waals surface area contributed by atoms with Crippen LogP contribution in [0.25, 0.3) is 22.2 Å². The number of nitrogens with one attached hydrogen (secondary N) is 1. The van der Waals surface area contributed by atoms with Crippen molar-refractivity contribution in [1.82, 2.24) is 9.97 Å². The summed E-state index contributed by atoms with van der Waals surface area (Å²) in [5, 5.41) is 0.853. The van der Waals surface area contributed by atoms with Crippen LogP contribution in [0.1, 0.15) is 5.56 Å². The SMILES string of the molecule is Cc1c(Oc2nc3ccccc3cc2-c2cc(=O)cc[nH]2)ccc(F)c1F. The summed E-state index contributed by atoms with van der Waals surface area (Å²) in [4.78, 5) is 19.3. The van der Waals surface area contributed by atoms with Crippen LogP contribution in [0.3, 0.4) is 0 Å². The van der Waals surface area contributed by atoms with Gasteiger partial charge in [0.15, 0.2) is 17.1 Å². The Kier molecular flexibility index (Phi) is 4.16. The van der Waals surface area contributed by atoms with E-state index in [9.17, 15) is 13.6 Å². The molecule has 0 aliphatic carbocycles. The van der Waals surface area contributed by atoms with Gasteiger partial charge < -0.3 is 9.72 Å². The average molecular weight is 364 g/mol. The first-order valence-electron chi connectivity index (χ1n) is 8.24. The second kappa shape index (κ2) is 6.64. The standard InChI is InChI=1S/C21H14F2N2O2/c1-12-19(7-6-16(22)20(12)23)27-21-15(18-11-14(26)8-9-24-18)10-13-4-2-3-5-17(13)25-21/h2-11H,1H3,(H,24,26). The Balaban J connectivity index is 1.92. The van der Waals surface area contributed by atoms with Crippen LogP contribution in [0, 0.1) is 18.6 Å². The molecule has 0 aliphatic rings. The number of hydrogen-bond donors (Lipinski definition) is 1. The number of fused-ring (bicyclic) bond motifs is 1. The summed E-state index contributed by atoms with van der Waals surface area (Å²) in [6.45, 7) is 1.43. The summed E-state index contributed by atoms with van der Waals surface area (Å²) < 4.78 is 33.1. The maximum Gasteiger partial charge on any atom is 0.229 e. The van der Waals surface area contributed by atoms with E-state index in [1.165, 1.54) is 31.3 Å². The molecule has 0 unspecified atom stereocenters. The maximum atomic E-state index is 13.9. The molecule has 4 rings (SSSR count). The van der Waals surface area contributed by atoms with Crippen molar-refractivity contribution in [2.75, 3.05) is 0 Å². The maximum absolute atomic E-state index is 13.9. The molecule has 0 fully saturated rings. The molecule has 4 nitrogen and oxygen atoms in total. The van der Waals surface area contributed by atoms with E-state index >= 15 is 0 Å². The largest absolute Gasteiger partial charge is 0.438 e. The molecule has 1 N–H and O–H groups in total. The van der Waals surface area contributed by atoms with Crippen molar-refractivity contribution in [3.8, 4) is 22.9 Å². The molecule has 27 heavy (non-hydrogen) atoms. The molecule has 6 heteroatoms. The molecule has 2 aromatic carbocycles. The first-order chi connectivity index (χ1) is 13.0. The number of ether oxygens (including phenoxy) is 1. The Morgan fingerprint density at radius 2 is 1.85 bits per heavy atom. The van der Waals surface area contributed by atoms with E-state index in [0.717, 1.165) is 11.5 Å². The number of halogens is 2. The smallest absolute Gasteiger partial charge is 0.229 e. The van der Waals surface area contributed by atoms with Crippen molar-refractivity contribution < 1.29 is 13.5 Å². The fourth-order valence-electron chi connectivity index (χ4n) is 2.82. The first kappa shape index (κ1) is 16.9. The third-order valence-electron chi connectivity index (χ3n) is 4.25. The number of aromatic nitrogens is 2. The minimum atomic E-state index is -0.969. The van der Waals surface area contributed by atoms with Gasteiger partial charge in [0.05, 0.1) is 16.8 Å². The van der Waals surface area contributed by atoms with Gasteiger partial charge in [-0.1, -0.05) is 18.2 Å². The number of nitrogens with zero attached hydrogens (tertiary/aromatic N) is 1. The second-order valence-electron chi connectivity index (χ2n) is 6.06. The van der Waals surface area contributed by atoms with E-state index in [2.05, 4.69) is 9.97 Å². The van der Waals surface area contributed by atoms with E-state index < -0.39 is 11.6 Å². The number of pyridine rings is 2. The van der Waals surface area contributed by atoms with Gasteiger partial charge in [0.2, 0.25) is 5.88 Å². The molecule has 0 amide bonds. The van der Waals surface area contributed by atoms with Crippen molar-refractivity contribution >= 4 is 10.9 Å². The fraction of sp³-hybridized carbons (Fsp3) is 0.0476. The van der Waals surface area contributed by atoms with Crippen LogP contribution in [-0.2, 0) is 0 Å². The zero-order valence-electron chi connectivity index (χ0n) is 14.3. The van der Waals surface area contributed by atoms with Gasteiger partial charge in [-0.2, -0.15) is 0 Å². The lowest BCUT2D eigenvalue weighted by molar-refractivity contribution is 0.444. The van der Waals surface area contributed by atoms with Gasteiger partial charge in [0.25, 0.3) is 0 Å². The quantitative estimate of drug-likeness (QED) is 0.558. The molecule has 0 saturated carbocycles. The van der Waals surface area contributed by atoms with Crippen molar-refractivity contribution in [2.45, 2.75) is 6.92 Å². The Bertz CT molecular complexity index is 1220. The lowest BCUT2D eigenvalue weighted by Crippen LogP contribution is -2.01. The highest BCUT2D eigenvalue weighted by atomic mass is 19.2. The molecule has 0 bridgehead atoms. The minimum Gasteiger partial charge on any atom is -0.438 e. The number of aromatic amines is 1.